The van der Waals surface area contributed by atoms with Crippen molar-refractivity contribution in [1.82, 2.24) is 0 Å². The molecule has 0 spiro atoms. The first-order chi connectivity index (χ1) is 13.1. The highest BCUT2D eigenvalue weighted by Gasteiger charge is 2.18. The molecule has 1 aliphatic heterocycles. The Morgan fingerprint density at radius 1 is 1.07 bits per heavy atom. The van der Waals surface area contributed by atoms with Gasteiger partial charge < -0.3 is 14.9 Å². The Morgan fingerprint density at radius 3 is 2.33 bits per heavy atom. The maximum absolute atomic E-state index is 10.9. The van der Waals surface area contributed by atoms with Gasteiger partial charge in [0, 0.05) is 13.0 Å². The van der Waals surface area contributed by atoms with Gasteiger partial charge in [-0.15, -0.1) is 11.3 Å². The van der Waals surface area contributed by atoms with Crippen LogP contribution in [0.25, 0.3) is 0 Å². The highest BCUT2D eigenvalue weighted by atomic mass is 32.1. The van der Waals surface area contributed by atoms with Gasteiger partial charge in [-0.1, -0.05) is 0 Å². The number of rotatable bonds is 4. The van der Waals surface area contributed by atoms with E-state index in [1.165, 1.54) is 28.2 Å². The van der Waals surface area contributed by atoms with E-state index in [1.54, 1.807) is 11.3 Å². The molecule has 5 nitrogen and oxygen atoms in total. The molecular formula is C19H20O5S3. The lowest BCUT2D eigenvalue weighted by molar-refractivity contribution is -0.136. The number of aliphatic hydroxyl groups is 1. The molecule has 0 fully saturated rings. The summed E-state index contributed by atoms with van der Waals surface area (Å²) in [4.78, 5) is 21.8. The summed E-state index contributed by atoms with van der Waals surface area (Å²) in [6, 6.07) is 5.83. The molecule has 0 saturated carbocycles. The molecule has 3 aromatic rings. The predicted octanol–water partition coefficient (Wildman–Crippen LogP) is 4.12. The molecule has 4 rings (SSSR count). The van der Waals surface area contributed by atoms with Gasteiger partial charge in [0.1, 0.15) is 4.88 Å². The molecule has 0 atom stereocenters. The van der Waals surface area contributed by atoms with E-state index in [4.69, 9.17) is 14.9 Å². The Hall–Kier alpha value is -2.00. The highest BCUT2D eigenvalue weighted by molar-refractivity contribution is 7.12. The lowest BCUT2D eigenvalue weighted by Gasteiger charge is -2.09. The molecule has 4 heterocycles. The van der Waals surface area contributed by atoms with Crippen LogP contribution in [0.2, 0.25) is 0 Å². The molecule has 144 valence electrons. The van der Waals surface area contributed by atoms with Crippen LogP contribution in [0.5, 0.6) is 0 Å². The normalized spacial score (nSPS) is 12.0. The number of ether oxygens (including phenoxy) is 1. The van der Waals surface area contributed by atoms with Gasteiger partial charge in [-0.3, -0.25) is 4.79 Å². The second kappa shape index (κ2) is 11.7. The zero-order valence-corrected chi connectivity index (χ0v) is 16.9. The number of hydrogen-bond donors (Lipinski definition) is 2. The third-order valence-corrected chi connectivity index (χ3v) is 5.85. The number of thiophene rings is 3. The van der Waals surface area contributed by atoms with Crippen molar-refractivity contribution in [3.05, 3.63) is 66.7 Å². The largest absolute Gasteiger partial charge is 0.481 e. The zero-order valence-electron chi connectivity index (χ0n) is 14.5. The number of fused-ring (bicyclic) bond motifs is 1. The SMILES string of the molecule is O=C(O)Cc1ccsc1.O=C1OCCc2ccsc21.OCCc1ccsc1. The second-order valence-electron chi connectivity index (χ2n) is 5.47. The topological polar surface area (TPSA) is 83.8 Å². The summed E-state index contributed by atoms with van der Waals surface area (Å²) in [5.74, 6) is -0.926. The van der Waals surface area contributed by atoms with Gasteiger partial charge >= 0.3 is 11.9 Å². The summed E-state index contributed by atoms with van der Waals surface area (Å²) < 4.78 is 4.83. The maximum atomic E-state index is 10.9. The van der Waals surface area contributed by atoms with Crippen LogP contribution >= 0.6 is 34.0 Å². The molecular weight excluding hydrogens is 404 g/mol. The van der Waals surface area contributed by atoms with Crippen molar-refractivity contribution >= 4 is 45.9 Å². The summed E-state index contributed by atoms with van der Waals surface area (Å²) in [7, 11) is 0. The molecule has 0 unspecified atom stereocenters. The molecule has 0 bridgehead atoms. The summed E-state index contributed by atoms with van der Waals surface area (Å²) in [6.45, 7) is 0.805. The summed E-state index contributed by atoms with van der Waals surface area (Å²) in [5.41, 5.74) is 3.26. The number of carbonyl (C=O) groups excluding carboxylic acids is 1. The fraction of sp³-hybridized carbons (Fsp3) is 0.263. The minimum atomic E-state index is -0.770. The van der Waals surface area contributed by atoms with Gasteiger partial charge in [0.2, 0.25) is 0 Å². The first kappa shape index (κ1) is 21.3. The van der Waals surface area contributed by atoms with Crippen LogP contribution in [0.1, 0.15) is 26.4 Å². The molecule has 0 amide bonds. The minimum Gasteiger partial charge on any atom is -0.481 e. The van der Waals surface area contributed by atoms with Crippen LogP contribution in [-0.2, 0) is 28.8 Å². The average molecular weight is 425 g/mol. The van der Waals surface area contributed by atoms with E-state index < -0.39 is 5.97 Å². The molecule has 2 N–H and O–H groups in total. The van der Waals surface area contributed by atoms with Crippen molar-refractivity contribution in [3.63, 3.8) is 0 Å². The number of aliphatic hydroxyl groups excluding tert-OH is 1. The number of carboxylic acid groups (broad SMARTS) is 1. The van der Waals surface area contributed by atoms with Crippen molar-refractivity contribution in [2.45, 2.75) is 19.3 Å². The van der Waals surface area contributed by atoms with E-state index in [1.807, 2.05) is 39.7 Å². The zero-order chi connectivity index (χ0) is 19.5. The van der Waals surface area contributed by atoms with Gasteiger partial charge in [0.15, 0.2) is 0 Å². The van der Waals surface area contributed by atoms with Gasteiger partial charge in [-0.25, -0.2) is 4.79 Å². The van der Waals surface area contributed by atoms with Gasteiger partial charge in [0.25, 0.3) is 0 Å². The van der Waals surface area contributed by atoms with Gasteiger partial charge in [0.05, 0.1) is 13.0 Å². The first-order valence-electron chi connectivity index (χ1n) is 8.18. The monoisotopic (exact) mass is 424 g/mol. The van der Waals surface area contributed by atoms with E-state index in [0.717, 1.165) is 28.8 Å². The first-order valence-corrected chi connectivity index (χ1v) is 10.9. The minimum absolute atomic E-state index is 0.142. The number of carboxylic acids is 1. The fourth-order valence-corrected chi connectivity index (χ4v) is 4.38. The smallest absolute Gasteiger partial charge is 0.348 e. The number of esters is 1. The molecule has 3 aromatic heterocycles. The molecule has 1 aliphatic rings. The van der Waals surface area contributed by atoms with Crippen LogP contribution < -0.4 is 0 Å². The molecule has 0 aliphatic carbocycles. The van der Waals surface area contributed by atoms with Crippen molar-refractivity contribution in [2.24, 2.45) is 0 Å². The van der Waals surface area contributed by atoms with E-state index in [2.05, 4.69) is 5.38 Å². The Kier molecular flexibility index (Phi) is 9.20. The Morgan fingerprint density at radius 2 is 1.78 bits per heavy atom. The maximum Gasteiger partial charge on any atom is 0.348 e. The van der Waals surface area contributed by atoms with E-state index >= 15 is 0 Å². The Balaban J connectivity index is 0.000000146. The van der Waals surface area contributed by atoms with Crippen molar-refractivity contribution in [1.29, 1.82) is 0 Å². The van der Waals surface area contributed by atoms with Crippen LogP contribution in [0, 0.1) is 0 Å². The van der Waals surface area contributed by atoms with Gasteiger partial charge in [-0.05, 0) is 68.2 Å². The van der Waals surface area contributed by atoms with E-state index in [9.17, 15) is 9.59 Å². The summed E-state index contributed by atoms with van der Waals surface area (Å²) in [6.07, 6.45) is 1.82. The quantitative estimate of drug-likeness (QED) is 0.616. The van der Waals surface area contributed by atoms with Crippen molar-refractivity contribution in [3.8, 4) is 0 Å². The third kappa shape index (κ3) is 7.64. The second-order valence-corrected chi connectivity index (χ2v) is 7.94. The Bertz CT molecular complexity index is 806. The van der Waals surface area contributed by atoms with Gasteiger partial charge in [-0.2, -0.15) is 22.7 Å². The van der Waals surface area contributed by atoms with Crippen molar-refractivity contribution in [2.75, 3.05) is 13.2 Å². The van der Waals surface area contributed by atoms with Crippen LogP contribution in [0.3, 0.4) is 0 Å². The van der Waals surface area contributed by atoms with Crippen LogP contribution in [0.15, 0.2) is 45.1 Å². The van der Waals surface area contributed by atoms with E-state index in [0.29, 0.717) is 6.61 Å². The summed E-state index contributed by atoms with van der Waals surface area (Å²) >= 11 is 4.65. The highest BCUT2D eigenvalue weighted by Crippen LogP contribution is 2.21. The molecule has 8 heteroatoms. The van der Waals surface area contributed by atoms with Crippen LogP contribution in [-0.4, -0.2) is 35.4 Å². The predicted molar refractivity (Wildman–Crippen MR) is 109 cm³/mol. The number of carbonyl (C=O) groups is 2. The van der Waals surface area contributed by atoms with Crippen molar-refractivity contribution < 1.29 is 24.5 Å². The molecule has 27 heavy (non-hydrogen) atoms. The fourth-order valence-electron chi connectivity index (χ4n) is 2.16. The Labute approximate surface area is 169 Å². The number of cyclic esters (lactones) is 1. The lowest BCUT2D eigenvalue weighted by atomic mass is 10.2. The van der Waals surface area contributed by atoms with E-state index in [-0.39, 0.29) is 19.0 Å². The molecule has 0 saturated heterocycles. The molecule has 0 aromatic carbocycles. The average Bonchev–Trinajstić information content (AvgIpc) is 3.38. The lowest BCUT2D eigenvalue weighted by Crippen LogP contribution is -2.14. The number of aliphatic carboxylic acids is 1. The standard InChI is InChI=1S/C7H6O2S.C6H6O2S.C6H8OS/c8-7-6-5(1-3-9-7)2-4-10-6;7-6(8)3-5-1-2-9-4-5;7-3-1-6-2-4-8-5-6/h2,4H,1,3H2;1-2,4H,3H2,(H,7,8);2,4-5,7H,1,3H2. The summed E-state index contributed by atoms with van der Waals surface area (Å²) in [5, 5.41) is 26.4. The third-order valence-electron chi connectivity index (χ3n) is 3.45. The molecule has 0 radical (unpaired) electrons. The van der Waals surface area contributed by atoms with Crippen LogP contribution in [0.4, 0.5) is 0 Å². The number of hydrogen-bond acceptors (Lipinski definition) is 7.